The largest absolute Gasteiger partial charge is 0.402 e. The van der Waals surface area contributed by atoms with E-state index < -0.39 is 4.92 Å². The third-order valence-electron chi connectivity index (χ3n) is 2.14. The zero-order valence-corrected chi connectivity index (χ0v) is 9.15. The lowest BCUT2D eigenvalue weighted by atomic mass is 10.00. The molecule has 0 aromatic heterocycles. The molecule has 1 rings (SSSR count). The van der Waals surface area contributed by atoms with Crippen molar-refractivity contribution in [2.24, 2.45) is 5.73 Å². The van der Waals surface area contributed by atoms with Gasteiger partial charge < -0.3 is 11.1 Å². The van der Waals surface area contributed by atoms with E-state index in [0.717, 1.165) is 5.56 Å². The van der Waals surface area contributed by atoms with E-state index in [1.165, 1.54) is 12.1 Å². The number of nitro groups is 1. The highest BCUT2D eigenvalue weighted by molar-refractivity contribution is 6.21. The van der Waals surface area contributed by atoms with Crippen LogP contribution in [0, 0.1) is 15.5 Å². The Kier molecular flexibility index (Phi) is 3.40. The van der Waals surface area contributed by atoms with Crippen molar-refractivity contribution in [3.63, 3.8) is 0 Å². The van der Waals surface area contributed by atoms with Crippen LogP contribution in [-0.2, 0) is 0 Å². The Morgan fingerprint density at radius 3 is 2.12 bits per heavy atom. The molecule has 0 unspecified atom stereocenters. The molecule has 1 aromatic carbocycles. The number of nitro benzene ring substituents is 1. The molecule has 0 fully saturated rings. The standard InChI is InChI=1S/C11H13N3O2/c1-7(12)11(8(2)13)9-3-5-10(6-4-9)14(15)16/h3-6,12H,13H2,1-2H3/b11-8+,12-7?. The summed E-state index contributed by atoms with van der Waals surface area (Å²) in [6.45, 7) is 3.34. The molecule has 0 amide bonds. The Morgan fingerprint density at radius 1 is 1.31 bits per heavy atom. The van der Waals surface area contributed by atoms with E-state index in [9.17, 15) is 10.1 Å². The summed E-state index contributed by atoms with van der Waals surface area (Å²) in [7, 11) is 0. The number of nitrogens with two attached hydrogens (primary N) is 1. The predicted octanol–water partition coefficient (Wildman–Crippen LogP) is 2.32. The van der Waals surface area contributed by atoms with E-state index in [1.807, 2.05) is 0 Å². The zero-order chi connectivity index (χ0) is 12.3. The van der Waals surface area contributed by atoms with Gasteiger partial charge in [-0.05, 0) is 31.5 Å². The first kappa shape index (κ1) is 11.9. The van der Waals surface area contributed by atoms with Crippen molar-refractivity contribution in [1.29, 1.82) is 5.41 Å². The van der Waals surface area contributed by atoms with E-state index in [1.54, 1.807) is 26.0 Å². The number of nitrogens with zero attached hydrogens (tertiary/aromatic N) is 1. The molecule has 1 aromatic rings. The molecule has 0 atom stereocenters. The highest BCUT2D eigenvalue weighted by atomic mass is 16.6. The molecule has 5 nitrogen and oxygen atoms in total. The number of hydrogen-bond acceptors (Lipinski definition) is 4. The molecule has 84 valence electrons. The lowest BCUT2D eigenvalue weighted by Gasteiger charge is -2.07. The fraction of sp³-hybridized carbons (Fsp3) is 0.182. The fourth-order valence-corrected chi connectivity index (χ4v) is 1.49. The van der Waals surface area contributed by atoms with Gasteiger partial charge in [-0.1, -0.05) is 0 Å². The van der Waals surface area contributed by atoms with Crippen molar-refractivity contribution >= 4 is 17.0 Å². The van der Waals surface area contributed by atoms with Gasteiger partial charge in [-0.3, -0.25) is 10.1 Å². The van der Waals surface area contributed by atoms with Crippen LogP contribution in [0.5, 0.6) is 0 Å². The lowest BCUT2D eigenvalue weighted by molar-refractivity contribution is -0.384. The van der Waals surface area contributed by atoms with E-state index in [4.69, 9.17) is 11.1 Å². The fourth-order valence-electron chi connectivity index (χ4n) is 1.49. The second-order valence-electron chi connectivity index (χ2n) is 3.49. The maximum absolute atomic E-state index is 10.5. The molecule has 0 radical (unpaired) electrons. The van der Waals surface area contributed by atoms with Crippen LogP contribution in [0.1, 0.15) is 19.4 Å². The minimum atomic E-state index is -0.459. The van der Waals surface area contributed by atoms with Gasteiger partial charge >= 0.3 is 0 Å². The number of non-ortho nitro benzene ring substituents is 1. The Hall–Kier alpha value is -2.17. The van der Waals surface area contributed by atoms with Gasteiger partial charge in [0.2, 0.25) is 0 Å². The summed E-state index contributed by atoms with van der Waals surface area (Å²) in [6.07, 6.45) is 0. The first-order valence-electron chi connectivity index (χ1n) is 4.70. The Bertz CT molecular complexity index is 457. The number of nitrogens with one attached hydrogen (secondary N) is 1. The Balaban J connectivity index is 3.20. The Morgan fingerprint density at radius 2 is 1.81 bits per heavy atom. The molecule has 0 saturated carbocycles. The summed E-state index contributed by atoms with van der Waals surface area (Å²) >= 11 is 0. The number of benzene rings is 1. The van der Waals surface area contributed by atoms with Gasteiger partial charge in [-0.25, -0.2) is 0 Å². The molecule has 16 heavy (non-hydrogen) atoms. The Labute approximate surface area is 93.2 Å². The van der Waals surface area contributed by atoms with Crippen LogP contribution in [-0.4, -0.2) is 10.6 Å². The van der Waals surface area contributed by atoms with Crippen LogP contribution in [0.4, 0.5) is 5.69 Å². The predicted molar refractivity (Wildman–Crippen MR) is 63.3 cm³/mol. The van der Waals surface area contributed by atoms with Crippen molar-refractivity contribution in [2.45, 2.75) is 13.8 Å². The normalized spacial score (nSPS) is 11.9. The van der Waals surface area contributed by atoms with Gasteiger partial charge in [-0.15, -0.1) is 0 Å². The molecule has 0 aliphatic rings. The van der Waals surface area contributed by atoms with Crippen molar-refractivity contribution in [3.05, 3.63) is 45.6 Å². The molecule has 0 aliphatic heterocycles. The topological polar surface area (TPSA) is 93.0 Å². The SMILES string of the molecule is CC(=N)/C(=C(/C)N)c1ccc([N+](=O)[O-])cc1. The van der Waals surface area contributed by atoms with Crippen LogP contribution in [0.15, 0.2) is 30.0 Å². The summed E-state index contributed by atoms with van der Waals surface area (Å²) in [6, 6.07) is 6.01. The average Bonchev–Trinajstić information content (AvgIpc) is 2.17. The zero-order valence-electron chi connectivity index (χ0n) is 9.15. The van der Waals surface area contributed by atoms with Crippen LogP contribution < -0.4 is 5.73 Å². The van der Waals surface area contributed by atoms with Crippen LogP contribution >= 0.6 is 0 Å². The van der Waals surface area contributed by atoms with Crippen LogP contribution in [0.2, 0.25) is 0 Å². The van der Waals surface area contributed by atoms with Crippen molar-refractivity contribution in [3.8, 4) is 0 Å². The number of rotatable bonds is 3. The van der Waals surface area contributed by atoms with Crippen molar-refractivity contribution in [1.82, 2.24) is 0 Å². The first-order valence-corrected chi connectivity index (χ1v) is 4.70. The van der Waals surface area contributed by atoms with E-state index >= 15 is 0 Å². The number of allylic oxidation sites excluding steroid dienone is 2. The van der Waals surface area contributed by atoms with E-state index in [0.29, 0.717) is 17.0 Å². The smallest absolute Gasteiger partial charge is 0.269 e. The third-order valence-corrected chi connectivity index (χ3v) is 2.14. The second kappa shape index (κ2) is 4.57. The maximum atomic E-state index is 10.5. The van der Waals surface area contributed by atoms with E-state index in [2.05, 4.69) is 0 Å². The van der Waals surface area contributed by atoms with Crippen LogP contribution in [0.25, 0.3) is 5.57 Å². The molecule has 0 aliphatic carbocycles. The summed E-state index contributed by atoms with van der Waals surface area (Å²) in [4.78, 5) is 10.0. The van der Waals surface area contributed by atoms with Gasteiger partial charge in [0.25, 0.3) is 5.69 Å². The van der Waals surface area contributed by atoms with Gasteiger partial charge in [0.15, 0.2) is 0 Å². The lowest BCUT2D eigenvalue weighted by Crippen LogP contribution is -2.04. The first-order chi connectivity index (χ1) is 7.43. The minimum absolute atomic E-state index is 0.0282. The molecule has 0 saturated heterocycles. The van der Waals surface area contributed by atoms with Gasteiger partial charge in [0, 0.05) is 29.1 Å². The molecular formula is C11H13N3O2. The van der Waals surface area contributed by atoms with Gasteiger partial charge in [0.05, 0.1) is 4.92 Å². The summed E-state index contributed by atoms with van der Waals surface area (Å²) in [5.41, 5.74) is 7.91. The molecule has 0 spiro atoms. The van der Waals surface area contributed by atoms with Crippen molar-refractivity contribution < 1.29 is 4.92 Å². The highest BCUT2D eigenvalue weighted by Gasteiger charge is 2.09. The second-order valence-corrected chi connectivity index (χ2v) is 3.49. The average molecular weight is 219 g/mol. The molecule has 0 heterocycles. The van der Waals surface area contributed by atoms with Gasteiger partial charge in [0.1, 0.15) is 0 Å². The third kappa shape index (κ3) is 2.44. The molecule has 0 bridgehead atoms. The maximum Gasteiger partial charge on any atom is 0.269 e. The molecule has 5 heteroatoms. The van der Waals surface area contributed by atoms with Gasteiger partial charge in [-0.2, -0.15) is 0 Å². The highest BCUT2D eigenvalue weighted by Crippen LogP contribution is 2.21. The summed E-state index contributed by atoms with van der Waals surface area (Å²) in [5.74, 6) is 0. The summed E-state index contributed by atoms with van der Waals surface area (Å²) in [5, 5.41) is 18.1. The van der Waals surface area contributed by atoms with Crippen LogP contribution in [0.3, 0.4) is 0 Å². The number of hydrogen-bond donors (Lipinski definition) is 2. The monoisotopic (exact) mass is 219 g/mol. The quantitative estimate of drug-likeness (QED) is 0.464. The molecular weight excluding hydrogens is 206 g/mol. The van der Waals surface area contributed by atoms with Crippen molar-refractivity contribution in [2.75, 3.05) is 0 Å². The molecule has 3 N–H and O–H groups in total. The minimum Gasteiger partial charge on any atom is -0.402 e. The summed E-state index contributed by atoms with van der Waals surface area (Å²) < 4.78 is 0. The van der Waals surface area contributed by atoms with E-state index in [-0.39, 0.29) is 5.69 Å².